The number of carbonyl (C=O) groups is 4. The molecule has 24 atom stereocenters. The summed E-state index contributed by atoms with van der Waals surface area (Å²) in [5.74, 6) is -1.69. The van der Waals surface area contributed by atoms with Gasteiger partial charge in [0.1, 0.15) is 34.5 Å². The first kappa shape index (κ1) is 92.5. The summed E-state index contributed by atoms with van der Waals surface area (Å²) in [7, 11) is 2.96. The Morgan fingerprint density at radius 2 is 0.529 bits per heavy atom. The number of hydrogen-bond acceptors (Lipinski definition) is 20. The van der Waals surface area contributed by atoms with Gasteiger partial charge in [-0.25, -0.2) is 19.2 Å². The van der Waals surface area contributed by atoms with Gasteiger partial charge >= 0.3 is 23.9 Å². The maximum Gasteiger partial charge on any atom is 0.340 e. The highest BCUT2D eigenvalue weighted by Crippen LogP contribution is 2.71. The van der Waals surface area contributed by atoms with Gasteiger partial charge in [0.15, 0.2) is 27.2 Å². The number of aliphatic hydroxyl groups is 2. The highest BCUT2D eigenvalue weighted by molar-refractivity contribution is 5.91. The van der Waals surface area contributed by atoms with Crippen molar-refractivity contribution in [3.05, 3.63) is 246 Å². The molecule has 24 bridgehead atoms. The molecule has 8 aromatic rings. The van der Waals surface area contributed by atoms with Crippen molar-refractivity contribution in [1.82, 2.24) is 0 Å². The molecule has 8 aromatic carbocycles. The van der Waals surface area contributed by atoms with Gasteiger partial charge in [-0.05, 0) is 351 Å². The second kappa shape index (κ2) is 35.2. The lowest BCUT2D eigenvalue weighted by molar-refractivity contribution is -0.249. The molecule has 17 aliphatic rings. The zero-order valence-electron chi connectivity index (χ0n) is 80.7. The molecule has 0 aliphatic heterocycles. The molecule has 16 saturated carbocycles. The van der Waals surface area contributed by atoms with Gasteiger partial charge in [0.25, 0.3) is 0 Å². The summed E-state index contributed by atoms with van der Waals surface area (Å²) in [6, 6.07) is 40.7. The SMILES string of the molecule is CCC1C2CC3CC(C)(C2)CC1(OCOC(=O)c1ccc(C2c4cc(c(OC)cc4O)C(c4ccc(C(=O)OCOC56CC7CC(CC(C)(C7)C5)C6CC)cc4)c4cc(c(OC)cc4O)C(c4ccc(C(=O)OCOC56CC7CC(CC(C)(C7)C5)C6CC)cc4)c4cc(c(CO)cc4O)C(c4ccc(C(=O)OCOC56CC7CC(CC(C)(C7)C5)C6CC)cc4)c4cc2c(CO)cc4O)cc1)C3. The van der Waals surface area contributed by atoms with Gasteiger partial charge < -0.3 is 78.0 Å². The van der Waals surface area contributed by atoms with Gasteiger partial charge in [-0.2, -0.15) is 0 Å². The molecule has 20 heteroatoms. The van der Waals surface area contributed by atoms with Crippen LogP contribution in [0.4, 0.5) is 0 Å². The Morgan fingerprint density at radius 3 is 0.750 bits per heavy atom. The molecule has 0 spiro atoms. The maximum absolute atomic E-state index is 14.7. The fraction of sp³-hybridized carbons (Fsp3) is 0.552. The van der Waals surface area contributed by atoms with E-state index < -0.39 is 72.0 Å². The predicted octanol–water partition coefficient (Wildman–Crippen LogP) is 23.0. The lowest BCUT2D eigenvalue weighted by Gasteiger charge is -2.64. The van der Waals surface area contributed by atoms with Crippen LogP contribution in [0.2, 0.25) is 0 Å². The van der Waals surface area contributed by atoms with Gasteiger partial charge in [0, 0.05) is 69.2 Å². The Hall–Kier alpha value is -9.80. The van der Waals surface area contributed by atoms with Gasteiger partial charge in [-0.3, -0.25) is 0 Å². The normalized spacial score (nSPS) is 34.6. The van der Waals surface area contributed by atoms with Gasteiger partial charge in [0.2, 0.25) is 0 Å². The number of aliphatic hydroxyl groups excluding tert-OH is 2. The minimum atomic E-state index is -1.13. The first-order valence-corrected chi connectivity index (χ1v) is 50.8. The minimum Gasteiger partial charge on any atom is -0.508 e. The van der Waals surface area contributed by atoms with Crippen LogP contribution in [0.25, 0.3) is 0 Å². The Morgan fingerprint density at radius 1 is 0.301 bits per heavy atom. The van der Waals surface area contributed by atoms with Crippen LogP contribution in [0, 0.1) is 92.7 Å². The van der Waals surface area contributed by atoms with Crippen molar-refractivity contribution >= 4 is 23.9 Å². The van der Waals surface area contributed by atoms with E-state index in [4.69, 9.17) is 47.4 Å². The monoisotopic (exact) mass is 1850 g/mol. The Labute approximate surface area is 799 Å². The van der Waals surface area contributed by atoms with Crippen molar-refractivity contribution in [3.8, 4) is 34.5 Å². The molecule has 0 radical (unpaired) electrons. The minimum absolute atomic E-state index is 0.167. The van der Waals surface area contributed by atoms with E-state index in [1.807, 2.05) is 0 Å². The topological polar surface area (TPSA) is 282 Å². The fourth-order valence-corrected chi connectivity index (χ4v) is 33.7. The van der Waals surface area contributed by atoms with E-state index in [0.29, 0.717) is 116 Å². The lowest BCUT2D eigenvalue weighted by atomic mass is 9.44. The van der Waals surface area contributed by atoms with Gasteiger partial charge in [0.05, 0.1) is 72.1 Å². The van der Waals surface area contributed by atoms with E-state index in [9.17, 15) is 49.8 Å². The smallest absolute Gasteiger partial charge is 0.340 e. The van der Waals surface area contributed by atoms with Gasteiger partial charge in [-0.15, -0.1) is 0 Å². The van der Waals surface area contributed by atoms with E-state index in [1.165, 1.54) is 116 Å². The maximum atomic E-state index is 14.7. The van der Waals surface area contributed by atoms with Crippen LogP contribution in [0.3, 0.4) is 0 Å². The molecule has 0 amide bonds. The van der Waals surface area contributed by atoms with Crippen molar-refractivity contribution in [2.45, 2.75) is 269 Å². The number of methoxy groups -OCH3 is 2. The van der Waals surface area contributed by atoms with E-state index in [2.05, 4.69) is 55.4 Å². The molecule has 0 aromatic heterocycles. The average Bonchev–Trinajstić information content (AvgIpc) is 0.718. The molecule has 720 valence electrons. The molecule has 20 nitrogen and oxygen atoms in total. The highest BCUT2D eigenvalue weighted by atomic mass is 16.7. The van der Waals surface area contributed by atoms with Crippen molar-refractivity contribution in [3.63, 3.8) is 0 Å². The van der Waals surface area contributed by atoms with Crippen molar-refractivity contribution in [2.75, 3.05) is 41.4 Å². The Balaban J connectivity index is 0.702. The van der Waals surface area contributed by atoms with Crippen molar-refractivity contribution in [2.24, 2.45) is 92.7 Å². The Bertz CT molecular complexity index is 5210. The van der Waals surface area contributed by atoms with E-state index in [0.717, 1.165) is 77.0 Å². The number of benzene rings is 8. The summed E-state index contributed by atoms with van der Waals surface area (Å²) in [4.78, 5) is 58.7. The molecule has 16 fully saturated rings. The first-order chi connectivity index (χ1) is 65.4. The first-order valence-electron chi connectivity index (χ1n) is 50.8. The molecule has 25 rings (SSSR count). The van der Waals surface area contributed by atoms with Gasteiger partial charge in [-0.1, -0.05) is 130 Å². The summed E-state index contributed by atoms with van der Waals surface area (Å²) in [6.45, 7) is 16.3. The van der Waals surface area contributed by atoms with Crippen LogP contribution in [0.5, 0.6) is 34.5 Å². The molecule has 0 saturated heterocycles. The number of esters is 4. The van der Waals surface area contributed by atoms with E-state index in [-0.39, 0.29) is 150 Å². The molecule has 17 aliphatic carbocycles. The van der Waals surface area contributed by atoms with Crippen LogP contribution in [0.1, 0.15) is 352 Å². The number of fused-ring (bicyclic) bond motifs is 8. The molecular formula is C116H136O20. The van der Waals surface area contributed by atoms with E-state index >= 15 is 0 Å². The molecule has 6 N–H and O–H groups in total. The molecule has 24 unspecified atom stereocenters. The summed E-state index contributed by atoms with van der Waals surface area (Å²) < 4.78 is 64.9. The number of hydrogen-bond donors (Lipinski definition) is 6. The third-order valence-corrected chi connectivity index (χ3v) is 37.1. The second-order valence-corrected chi connectivity index (χ2v) is 46.0. The number of ether oxygens (including phenoxy) is 10. The number of carbonyl (C=O) groups excluding carboxylic acids is 4. The predicted molar refractivity (Wildman–Crippen MR) is 511 cm³/mol. The lowest BCUT2D eigenvalue weighted by Crippen LogP contribution is -2.61. The molecule has 0 heterocycles. The largest absolute Gasteiger partial charge is 0.508 e. The number of aromatic hydroxyl groups is 4. The number of rotatable bonds is 28. The molecule has 136 heavy (non-hydrogen) atoms. The third-order valence-electron chi connectivity index (χ3n) is 37.1. The second-order valence-electron chi connectivity index (χ2n) is 46.0. The fourth-order valence-electron chi connectivity index (χ4n) is 33.7. The van der Waals surface area contributed by atoms with Crippen LogP contribution >= 0.6 is 0 Å². The van der Waals surface area contributed by atoms with Crippen molar-refractivity contribution < 1.29 is 97.2 Å². The average molecular weight is 1850 g/mol. The van der Waals surface area contributed by atoms with Crippen molar-refractivity contribution in [1.29, 1.82) is 0 Å². The van der Waals surface area contributed by atoms with Crippen LogP contribution in [-0.2, 0) is 51.1 Å². The van der Waals surface area contributed by atoms with Crippen LogP contribution in [-0.4, -0.2) is 118 Å². The zero-order chi connectivity index (χ0) is 94.7. The summed E-state index contributed by atoms with van der Waals surface area (Å²) in [6.07, 6.45) is 25.7. The summed E-state index contributed by atoms with van der Waals surface area (Å²) >= 11 is 0. The summed E-state index contributed by atoms with van der Waals surface area (Å²) in [5.41, 5.74) is 5.02. The summed E-state index contributed by atoms with van der Waals surface area (Å²) in [5, 5.41) is 77.5. The van der Waals surface area contributed by atoms with Crippen LogP contribution in [0.15, 0.2) is 146 Å². The highest BCUT2D eigenvalue weighted by Gasteiger charge is 2.66. The quantitative estimate of drug-likeness (QED) is 0.0151. The Kier molecular flexibility index (Phi) is 24.0. The number of phenolic OH excluding ortho intramolecular Hbond substituents is 4. The zero-order valence-corrected chi connectivity index (χ0v) is 80.7. The third kappa shape index (κ3) is 16.1. The standard InChI is InChI=1S/C116H136O20/c1-11-91-77-31-65-43-109(5,51-77)57-113(91,47-65)133-61-129-105(123)73-23-15-69(16-24-73)101-84-38-86(96(120)36-82(84)56-118)103(71-19-27-75(28-20-71)107(125)131-63-135-115-49-67-33-79(93(115)13-3)53-111(7,45-67)59-115)90-40-88(98(122)42-100(90)128-10)104(72-21-29-76(30-22-72)108(126)132-64-136-116-50-68-34-80(94(116)14-4)54-112(8,46-68)60-116)89-39-87(97(121)41-99(89)127-9)102(83-37-85(101)95(119)35-81(83)55-117)70-17-25-74(26-18-70)106(124)130-62-134-114-48-66-32-78(92(114)12-2)52-110(6,44-66)58-114/h15-30,35-42,65-68,77-80,91-94,101-104,117-122H,11-14,31-34,43-64H2,1-10H3. The van der Waals surface area contributed by atoms with Crippen LogP contribution < -0.4 is 9.47 Å². The van der Waals surface area contributed by atoms with E-state index in [1.54, 1.807) is 121 Å². The number of phenols is 4. The molecular weight excluding hydrogens is 1710 g/mol.